The maximum atomic E-state index is 15.0. The number of fused-ring (bicyclic) bond motifs is 2. The standard InChI is InChI=1S/2C26H27FN2O4/c2*1-15-9-18(3-4-19(15)11-28)24(30)10-17-7-8-29(12-23(17)27)13-25(31)20-5-6-21-22(16(20)2)14-33-26(21)32/h2*3-6,9,17,23,25,31H,7-8,10,12-14H2,1-2H3/t17-,23-,25+;17-,23-,25-/m10/s1. The van der Waals surface area contributed by atoms with Crippen molar-refractivity contribution < 1.29 is 47.6 Å². The van der Waals surface area contributed by atoms with Gasteiger partial charge in [-0.2, -0.15) is 10.5 Å². The van der Waals surface area contributed by atoms with Gasteiger partial charge in [-0.05, 0) is 135 Å². The van der Waals surface area contributed by atoms with Crippen molar-refractivity contribution in [3.8, 4) is 12.1 Å². The fraction of sp³-hybridized carbons (Fsp3) is 0.423. The maximum Gasteiger partial charge on any atom is 0.338 e. The number of rotatable bonds is 12. The van der Waals surface area contributed by atoms with Crippen molar-refractivity contribution in [1.29, 1.82) is 10.5 Å². The molecule has 6 atom stereocenters. The van der Waals surface area contributed by atoms with E-state index in [1.807, 2.05) is 23.6 Å². The number of aryl methyl sites for hydroxylation is 2. The van der Waals surface area contributed by atoms with E-state index in [1.165, 1.54) is 0 Å². The second-order valence-corrected chi connectivity index (χ2v) is 18.0. The SMILES string of the molecule is Cc1cc(C(=O)C[C@@H]2CCN(C[C@H](O)c3ccc4c(c3C)COC4=O)C[C@@H]2F)ccc1C#N.Cc1cc(C(=O)C[C@H]2CCN(C[C@H](O)c3ccc4c(c3C)COC4=O)C[C@H]2F)ccc1C#N. The Labute approximate surface area is 383 Å². The van der Waals surface area contributed by atoms with Gasteiger partial charge in [0.2, 0.25) is 0 Å². The molecule has 0 bridgehead atoms. The number of cyclic esters (lactones) is 2. The van der Waals surface area contributed by atoms with Crippen LogP contribution >= 0.6 is 0 Å². The number of nitriles is 2. The maximum absolute atomic E-state index is 15.0. The lowest BCUT2D eigenvalue weighted by atomic mass is 9.87. The van der Waals surface area contributed by atoms with Crippen molar-refractivity contribution in [1.82, 2.24) is 9.80 Å². The number of halogens is 2. The van der Waals surface area contributed by atoms with Crippen LogP contribution in [0.1, 0.15) is 135 Å². The second-order valence-electron chi connectivity index (χ2n) is 18.0. The van der Waals surface area contributed by atoms with Crippen LogP contribution in [0.4, 0.5) is 8.78 Å². The number of β-amino-alcohol motifs (C(OH)–C–C–N with tert-alkyl or cyclic N) is 2. The normalized spacial score (nSPS) is 21.2. The van der Waals surface area contributed by atoms with E-state index in [4.69, 9.17) is 20.0 Å². The third kappa shape index (κ3) is 10.4. The lowest BCUT2D eigenvalue weighted by molar-refractivity contribution is 0.0412. The van der Waals surface area contributed by atoms with Crippen molar-refractivity contribution in [2.75, 3.05) is 39.3 Å². The van der Waals surface area contributed by atoms with E-state index in [9.17, 15) is 38.2 Å². The Morgan fingerprint density at radius 1 is 0.667 bits per heavy atom. The summed E-state index contributed by atoms with van der Waals surface area (Å²) in [7, 11) is 0. The second kappa shape index (κ2) is 20.6. The van der Waals surface area contributed by atoms with Gasteiger partial charge in [-0.15, -0.1) is 0 Å². The molecule has 66 heavy (non-hydrogen) atoms. The van der Waals surface area contributed by atoms with E-state index >= 15 is 0 Å². The summed E-state index contributed by atoms with van der Waals surface area (Å²) in [4.78, 5) is 52.6. The molecule has 4 heterocycles. The molecule has 0 spiro atoms. The van der Waals surface area contributed by atoms with Crippen molar-refractivity contribution >= 4 is 23.5 Å². The van der Waals surface area contributed by atoms with Crippen LogP contribution in [0.2, 0.25) is 0 Å². The molecule has 4 aromatic carbocycles. The summed E-state index contributed by atoms with van der Waals surface area (Å²) in [6, 6.07) is 20.9. The third-order valence-corrected chi connectivity index (χ3v) is 13.7. The highest BCUT2D eigenvalue weighted by molar-refractivity contribution is 5.97. The van der Waals surface area contributed by atoms with E-state index in [2.05, 4.69) is 12.1 Å². The van der Waals surface area contributed by atoms with E-state index in [1.54, 1.807) is 74.5 Å². The highest BCUT2D eigenvalue weighted by Crippen LogP contribution is 2.34. The zero-order valence-electron chi connectivity index (χ0n) is 37.6. The Bertz CT molecular complexity index is 2460. The number of hydrogen-bond acceptors (Lipinski definition) is 12. The van der Waals surface area contributed by atoms with Crippen LogP contribution < -0.4 is 0 Å². The molecule has 2 saturated heterocycles. The first-order valence-electron chi connectivity index (χ1n) is 22.3. The Hall–Kier alpha value is -6.16. The van der Waals surface area contributed by atoms with Crippen LogP contribution in [0.3, 0.4) is 0 Å². The summed E-state index contributed by atoms with van der Waals surface area (Å²) in [6.07, 6.45) is -2.64. The third-order valence-electron chi connectivity index (χ3n) is 13.7. The largest absolute Gasteiger partial charge is 0.457 e. The molecule has 0 amide bonds. The number of piperidine rings is 2. The lowest BCUT2D eigenvalue weighted by Crippen LogP contribution is -2.44. The molecule has 14 heteroatoms. The molecule has 2 fully saturated rings. The van der Waals surface area contributed by atoms with Crippen LogP contribution in [0.15, 0.2) is 60.7 Å². The molecular formula is C52H54F2N4O8. The number of ether oxygens (including phenoxy) is 2. The summed E-state index contributed by atoms with van der Waals surface area (Å²) in [5.74, 6) is -1.66. The number of carbonyl (C=O) groups excluding carboxylic acids is 4. The molecule has 4 aromatic rings. The molecule has 4 aliphatic rings. The van der Waals surface area contributed by atoms with Crippen LogP contribution in [-0.4, -0.2) is 95.1 Å². The van der Waals surface area contributed by atoms with Crippen molar-refractivity contribution in [2.24, 2.45) is 11.8 Å². The number of aliphatic hydroxyl groups is 2. The lowest BCUT2D eigenvalue weighted by Gasteiger charge is -2.35. The minimum atomic E-state index is -1.17. The first-order chi connectivity index (χ1) is 31.6. The predicted molar refractivity (Wildman–Crippen MR) is 239 cm³/mol. The van der Waals surface area contributed by atoms with Gasteiger partial charge in [0.15, 0.2) is 11.6 Å². The fourth-order valence-corrected chi connectivity index (χ4v) is 9.60. The summed E-state index contributed by atoms with van der Waals surface area (Å²) in [5.41, 5.74) is 9.32. The summed E-state index contributed by atoms with van der Waals surface area (Å²) >= 11 is 0. The smallest absolute Gasteiger partial charge is 0.338 e. The number of hydrogen-bond donors (Lipinski definition) is 2. The van der Waals surface area contributed by atoms with Crippen molar-refractivity contribution in [3.63, 3.8) is 0 Å². The quantitative estimate of drug-likeness (QED) is 0.105. The Morgan fingerprint density at radius 2 is 1.06 bits per heavy atom. The number of esters is 2. The average molecular weight is 901 g/mol. The van der Waals surface area contributed by atoms with Gasteiger partial charge in [-0.25, -0.2) is 18.4 Å². The summed E-state index contributed by atoms with van der Waals surface area (Å²) in [6.45, 7) is 9.78. The molecule has 344 valence electrons. The van der Waals surface area contributed by atoms with Gasteiger partial charge in [-0.1, -0.05) is 24.3 Å². The van der Waals surface area contributed by atoms with Gasteiger partial charge in [0.1, 0.15) is 25.6 Å². The first kappa shape index (κ1) is 47.8. The molecule has 0 unspecified atom stereocenters. The highest BCUT2D eigenvalue weighted by Gasteiger charge is 2.35. The van der Waals surface area contributed by atoms with Gasteiger partial charge >= 0.3 is 11.9 Å². The van der Waals surface area contributed by atoms with E-state index in [-0.39, 0.29) is 87.6 Å². The predicted octanol–water partition coefficient (Wildman–Crippen LogP) is 7.62. The van der Waals surface area contributed by atoms with Gasteiger partial charge in [0.25, 0.3) is 0 Å². The molecule has 0 aromatic heterocycles. The van der Waals surface area contributed by atoms with E-state index in [0.29, 0.717) is 59.3 Å². The average Bonchev–Trinajstić information content (AvgIpc) is 3.87. The highest BCUT2D eigenvalue weighted by atomic mass is 19.1. The Kier molecular flexibility index (Phi) is 14.9. The molecular weight excluding hydrogens is 847 g/mol. The number of ketones is 2. The van der Waals surface area contributed by atoms with Gasteiger partial charge in [-0.3, -0.25) is 19.4 Å². The monoisotopic (exact) mass is 900 g/mol. The number of aliphatic hydroxyl groups excluding tert-OH is 2. The molecule has 0 aliphatic carbocycles. The van der Waals surface area contributed by atoms with Crippen molar-refractivity contribution in [2.45, 2.75) is 91.1 Å². The van der Waals surface area contributed by atoms with Gasteiger partial charge < -0.3 is 19.7 Å². The van der Waals surface area contributed by atoms with Crippen LogP contribution in [0.5, 0.6) is 0 Å². The van der Waals surface area contributed by atoms with Gasteiger partial charge in [0, 0.05) is 61.3 Å². The molecule has 12 nitrogen and oxygen atoms in total. The number of nitrogens with zero attached hydrogens (tertiary/aromatic N) is 4. The molecule has 8 rings (SSSR count). The minimum absolute atomic E-state index is 0.116. The van der Waals surface area contributed by atoms with Gasteiger partial charge in [0.05, 0.1) is 46.6 Å². The van der Waals surface area contributed by atoms with Crippen LogP contribution in [0, 0.1) is 62.2 Å². The fourth-order valence-electron chi connectivity index (χ4n) is 9.60. The number of carbonyl (C=O) groups is 4. The number of alkyl halides is 2. The molecule has 4 aliphatic heterocycles. The molecule has 0 saturated carbocycles. The topological polar surface area (TPSA) is 181 Å². The zero-order chi connectivity index (χ0) is 47.4. The molecule has 2 N–H and O–H groups in total. The minimum Gasteiger partial charge on any atom is -0.457 e. The first-order valence-corrected chi connectivity index (χ1v) is 22.3. The van der Waals surface area contributed by atoms with Crippen LogP contribution in [-0.2, 0) is 22.7 Å². The molecule has 0 radical (unpaired) electrons. The summed E-state index contributed by atoms with van der Waals surface area (Å²) < 4.78 is 40.1. The van der Waals surface area contributed by atoms with E-state index < -0.39 is 24.6 Å². The number of Topliss-reactive ketones (excluding diaryl/α,β-unsaturated/α-hetero) is 2. The van der Waals surface area contributed by atoms with Crippen LogP contribution in [0.25, 0.3) is 0 Å². The number of likely N-dealkylation sites (tertiary alicyclic amines) is 2. The summed E-state index contributed by atoms with van der Waals surface area (Å²) in [5, 5.41) is 39.7. The van der Waals surface area contributed by atoms with Crippen molar-refractivity contribution in [3.05, 3.63) is 139 Å². The number of benzene rings is 4. The Balaban J connectivity index is 0.000000196. The van der Waals surface area contributed by atoms with E-state index in [0.717, 1.165) is 44.5 Å². The zero-order valence-corrected chi connectivity index (χ0v) is 37.6. The Morgan fingerprint density at radius 3 is 1.41 bits per heavy atom.